The van der Waals surface area contributed by atoms with Gasteiger partial charge in [0.05, 0.1) is 25.0 Å². The molecule has 0 unspecified atom stereocenters. The van der Waals surface area contributed by atoms with Crippen LogP contribution in [0.25, 0.3) is 0 Å². The number of carbonyl (C=O) groups is 2. The molecule has 2 aromatic carbocycles. The molecule has 0 fully saturated rings. The topological polar surface area (TPSA) is 98.1 Å². The van der Waals surface area contributed by atoms with E-state index < -0.39 is 0 Å². The lowest BCUT2D eigenvalue weighted by Gasteiger charge is -2.10. The van der Waals surface area contributed by atoms with Crippen molar-refractivity contribution in [2.45, 2.75) is 11.6 Å². The van der Waals surface area contributed by atoms with Gasteiger partial charge < -0.3 is 19.9 Å². The number of methoxy groups -OCH3 is 1. The number of thioether (sulfide) groups is 1. The lowest BCUT2D eigenvalue weighted by molar-refractivity contribution is -0.116. The zero-order valence-corrected chi connectivity index (χ0v) is 19.0. The summed E-state index contributed by atoms with van der Waals surface area (Å²) in [6, 6.07) is 11.8. The van der Waals surface area contributed by atoms with Gasteiger partial charge in [-0.3, -0.25) is 9.59 Å². The highest BCUT2D eigenvalue weighted by Gasteiger charge is 2.15. The van der Waals surface area contributed by atoms with Crippen LogP contribution in [0.15, 0.2) is 47.6 Å². The van der Waals surface area contributed by atoms with Gasteiger partial charge in [0, 0.05) is 22.8 Å². The molecule has 2 amide bonds. The van der Waals surface area contributed by atoms with E-state index in [9.17, 15) is 9.59 Å². The molecule has 31 heavy (non-hydrogen) atoms. The van der Waals surface area contributed by atoms with Crippen LogP contribution >= 0.6 is 35.0 Å². The van der Waals surface area contributed by atoms with Gasteiger partial charge in [-0.1, -0.05) is 35.0 Å². The van der Waals surface area contributed by atoms with Gasteiger partial charge in [0.1, 0.15) is 11.6 Å². The number of hydrogen-bond donors (Lipinski definition) is 2. The zero-order valence-electron chi connectivity index (χ0n) is 16.7. The predicted octanol–water partition coefficient (Wildman–Crippen LogP) is 4.04. The van der Waals surface area contributed by atoms with E-state index in [4.69, 9.17) is 27.9 Å². The highest BCUT2D eigenvalue weighted by Crippen LogP contribution is 2.28. The summed E-state index contributed by atoms with van der Waals surface area (Å²) in [6.07, 6.45) is 0.0403. The van der Waals surface area contributed by atoms with Crippen molar-refractivity contribution in [1.82, 2.24) is 14.8 Å². The van der Waals surface area contributed by atoms with Crippen LogP contribution in [-0.2, 0) is 23.1 Å². The Hall–Kier alpha value is -2.75. The second kappa shape index (κ2) is 10.5. The molecular weight excluding hydrogens is 461 g/mol. The van der Waals surface area contributed by atoms with Crippen molar-refractivity contribution in [2.24, 2.45) is 7.05 Å². The van der Waals surface area contributed by atoms with E-state index in [1.54, 1.807) is 54.1 Å². The van der Waals surface area contributed by atoms with E-state index in [0.29, 0.717) is 38.2 Å². The number of rotatable bonds is 8. The van der Waals surface area contributed by atoms with E-state index in [1.165, 1.54) is 18.9 Å². The summed E-state index contributed by atoms with van der Waals surface area (Å²) in [6.45, 7) is 0. The van der Waals surface area contributed by atoms with E-state index in [-0.39, 0.29) is 24.0 Å². The number of amides is 2. The summed E-state index contributed by atoms with van der Waals surface area (Å²) >= 11 is 13.0. The lowest BCUT2D eigenvalue weighted by atomic mass is 10.3. The van der Waals surface area contributed by atoms with Crippen LogP contribution in [0.2, 0.25) is 10.0 Å². The summed E-state index contributed by atoms with van der Waals surface area (Å²) < 4.78 is 6.90. The first-order valence-corrected chi connectivity index (χ1v) is 10.8. The molecule has 3 rings (SSSR count). The minimum atomic E-state index is -0.254. The van der Waals surface area contributed by atoms with Crippen LogP contribution in [0.5, 0.6) is 5.75 Å². The van der Waals surface area contributed by atoms with Gasteiger partial charge in [-0.2, -0.15) is 0 Å². The van der Waals surface area contributed by atoms with Gasteiger partial charge in [-0.05, 0) is 42.5 Å². The number of hydrogen-bond acceptors (Lipinski definition) is 6. The normalized spacial score (nSPS) is 10.6. The van der Waals surface area contributed by atoms with Crippen molar-refractivity contribution in [3.8, 4) is 5.75 Å². The molecule has 0 radical (unpaired) electrons. The molecule has 162 valence electrons. The Morgan fingerprint density at radius 3 is 2.45 bits per heavy atom. The van der Waals surface area contributed by atoms with Crippen molar-refractivity contribution in [3.63, 3.8) is 0 Å². The largest absolute Gasteiger partial charge is 0.495 e. The molecule has 0 saturated carbocycles. The number of halogens is 2. The van der Waals surface area contributed by atoms with Crippen molar-refractivity contribution >= 4 is 58.2 Å². The van der Waals surface area contributed by atoms with Crippen LogP contribution in [0.1, 0.15) is 5.82 Å². The number of anilines is 2. The number of aromatic nitrogens is 3. The Morgan fingerprint density at radius 1 is 1.03 bits per heavy atom. The molecule has 2 N–H and O–H groups in total. The maximum Gasteiger partial charge on any atom is 0.234 e. The monoisotopic (exact) mass is 479 g/mol. The highest BCUT2D eigenvalue weighted by atomic mass is 35.5. The van der Waals surface area contributed by atoms with E-state index in [0.717, 1.165) is 0 Å². The zero-order chi connectivity index (χ0) is 22.4. The standard InChI is InChI=1S/C20H19Cl2N5O3S/c1-27-17(10-18(28)23-14-6-3-12(21)4-7-14)25-26-20(27)31-11-19(29)24-15-9-13(22)5-8-16(15)30-2/h3-9H,10-11H2,1-2H3,(H,23,28)(H,24,29). The van der Waals surface area contributed by atoms with Crippen molar-refractivity contribution in [2.75, 3.05) is 23.5 Å². The summed E-state index contributed by atoms with van der Waals surface area (Å²) in [7, 11) is 3.25. The molecule has 0 aliphatic rings. The third-order valence-electron chi connectivity index (χ3n) is 4.14. The lowest BCUT2D eigenvalue weighted by Crippen LogP contribution is -2.17. The number of nitrogens with zero attached hydrogens (tertiary/aromatic N) is 3. The molecule has 0 bridgehead atoms. The fourth-order valence-electron chi connectivity index (χ4n) is 2.60. The maximum atomic E-state index is 12.3. The van der Waals surface area contributed by atoms with Gasteiger partial charge >= 0.3 is 0 Å². The van der Waals surface area contributed by atoms with Gasteiger partial charge in [0.2, 0.25) is 11.8 Å². The minimum absolute atomic E-state index is 0.0403. The molecule has 0 atom stereocenters. The van der Waals surface area contributed by atoms with Crippen molar-refractivity contribution < 1.29 is 14.3 Å². The molecule has 3 aromatic rings. The predicted molar refractivity (Wildman–Crippen MR) is 122 cm³/mol. The Bertz CT molecular complexity index is 1090. The molecule has 0 spiro atoms. The number of nitrogens with one attached hydrogen (secondary N) is 2. The molecule has 1 aromatic heterocycles. The highest BCUT2D eigenvalue weighted by molar-refractivity contribution is 7.99. The second-order valence-electron chi connectivity index (χ2n) is 6.37. The van der Waals surface area contributed by atoms with Crippen LogP contribution in [0.3, 0.4) is 0 Å². The van der Waals surface area contributed by atoms with E-state index >= 15 is 0 Å². The third-order valence-corrected chi connectivity index (χ3v) is 5.65. The Labute approximate surface area is 193 Å². The van der Waals surface area contributed by atoms with Gasteiger partial charge in [0.15, 0.2) is 5.16 Å². The van der Waals surface area contributed by atoms with Crippen LogP contribution in [-0.4, -0.2) is 39.4 Å². The first kappa shape index (κ1) is 22.9. The average Bonchev–Trinajstić information content (AvgIpc) is 3.07. The molecule has 1 heterocycles. The molecule has 11 heteroatoms. The van der Waals surface area contributed by atoms with Gasteiger partial charge in [0.25, 0.3) is 0 Å². The average molecular weight is 480 g/mol. The van der Waals surface area contributed by atoms with Crippen LogP contribution in [0.4, 0.5) is 11.4 Å². The minimum Gasteiger partial charge on any atom is -0.495 e. The maximum absolute atomic E-state index is 12.3. The molecule has 0 saturated heterocycles. The Balaban J connectivity index is 1.55. The first-order chi connectivity index (χ1) is 14.9. The second-order valence-corrected chi connectivity index (χ2v) is 8.19. The summed E-state index contributed by atoms with van der Waals surface area (Å²) in [5.74, 6) is 0.593. The fourth-order valence-corrected chi connectivity index (χ4v) is 3.63. The fraction of sp³-hybridized carbons (Fsp3) is 0.200. The smallest absolute Gasteiger partial charge is 0.234 e. The van der Waals surface area contributed by atoms with Crippen LogP contribution in [0, 0.1) is 0 Å². The third kappa shape index (κ3) is 6.36. The van der Waals surface area contributed by atoms with Crippen molar-refractivity contribution in [3.05, 3.63) is 58.3 Å². The summed E-state index contributed by atoms with van der Waals surface area (Å²) in [4.78, 5) is 24.6. The molecular formula is C20H19Cl2N5O3S. The molecule has 0 aliphatic carbocycles. The van der Waals surface area contributed by atoms with Crippen molar-refractivity contribution in [1.29, 1.82) is 0 Å². The number of benzene rings is 2. The molecule has 0 aliphatic heterocycles. The summed E-state index contributed by atoms with van der Waals surface area (Å²) in [5, 5.41) is 15.2. The number of carbonyl (C=O) groups excluding carboxylic acids is 2. The summed E-state index contributed by atoms with van der Waals surface area (Å²) in [5.41, 5.74) is 1.12. The Kier molecular flexibility index (Phi) is 7.78. The molecule has 8 nitrogen and oxygen atoms in total. The van der Waals surface area contributed by atoms with Crippen LogP contribution < -0.4 is 15.4 Å². The van der Waals surface area contributed by atoms with E-state index in [2.05, 4.69) is 20.8 Å². The first-order valence-electron chi connectivity index (χ1n) is 9.05. The van der Waals surface area contributed by atoms with Gasteiger partial charge in [-0.25, -0.2) is 0 Å². The SMILES string of the molecule is COc1ccc(Cl)cc1NC(=O)CSc1nnc(CC(=O)Nc2ccc(Cl)cc2)n1C. The quantitative estimate of drug-likeness (QED) is 0.473. The Morgan fingerprint density at radius 2 is 1.74 bits per heavy atom. The van der Waals surface area contributed by atoms with Gasteiger partial charge in [-0.15, -0.1) is 10.2 Å². The number of ether oxygens (including phenoxy) is 1. The van der Waals surface area contributed by atoms with E-state index in [1.807, 2.05) is 0 Å².